The Labute approximate surface area is 212 Å². The van der Waals surface area contributed by atoms with Crippen LogP contribution in [0, 0.1) is 5.82 Å². The summed E-state index contributed by atoms with van der Waals surface area (Å²) in [6, 6.07) is 5.27. The van der Waals surface area contributed by atoms with Crippen LogP contribution in [-0.4, -0.2) is 34.3 Å². The van der Waals surface area contributed by atoms with Gasteiger partial charge in [0.1, 0.15) is 22.6 Å². The normalized spacial score (nSPS) is 18.6. The van der Waals surface area contributed by atoms with Gasteiger partial charge in [0, 0.05) is 43.4 Å². The summed E-state index contributed by atoms with van der Waals surface area (Å²) in [5, 5.41) is 4.22. The van der Waals surface area contributed by atoms with E-state index in [2.05, 4.69) is 19.8 Å². The van der Waals surface area contributed by atoms with Crippen molar-refractivity contribution in [2.45, 2.75) is 42.6 Å². The Kier molecular flexibility index (Phi) is 8.16. The largest absolute Gasteiger partial charge is 1.00 e. The monoisotopic (exact) mass is 487 g/mol. The van der Waals surface area contributed by atoms with Crippen LogP contribution in [0.2, 0.25) is 5.02 Å². The molecule has 164 valence electrons. The molecule has 0 amide bonds. The van der Waals surface area contributed by atoms with E-state index in [0.29, 0.717) is 0 Å². The second kappa shape index (κ2) is 10.5. The molecule has 1 aliphatic carbocycles. The van der Waals surface area contributed by atoms with E-state index in [9.17, 15) is 12.8 Å². The minimum atomic E-state index is -4.36. The summed E-state index contributed by atoms with van der Waals surface area (Å²) >= 11 is 6.29. The SMILES string of the molecule is Cn1nccc1[C@H]1CCCC[C@@H]1Oc1cc(F)c(S(=O)(=O)[N-]c2ccncn2)cc1Cl.[Na+]. The molecule has 1 aliphatic rings. The number of hydrogen-bond acceptors (Lipinski definition) is 6. The maximum atomic E-state index is 14.8. The van der Waals surface area contributed by atoms with Crippen molar-refractivity contribution in [3.05, 3.63) is 64.2 Å². The number of halogens is 2. The number of nitrogens with zero attached hydrogens (tertiary/aromatic N) is 5. The van der Waals surface area contributed by atoms with E-state index < -0.39 is 20.7 Å². The second-order valence-electron chi connectivity index (χ2n) is 7.27. The third kappa shape index (κ3) is 5.43. The molecular formula is C20H20ClFN5NaO3S. The molecule has 0 unspecified atom stereocenters. The molecule has 3 aromatic rings. The summed E-state index contributed by atoms with van der Waals surface area (Å²) in [5.41, 5.74) is 1.03. The van der Waals surface area contributed by atoms with Gasteiger partial charge in [-0.1, -0.05) is 18.0 Å². The van der Waals surface area contributed by atoms with Gasteiger partial charge in [0.05, 0.1) is 5.02 Å². The first kappa shape index (κ1) is 24.9. The van der Waals surface area contributed by atoms with Crippen LogP contribution in [0.1, 0.15) is 37.3 Å². The zero-order valence-corrected chi connectivity index (χ0v) is 21.2. The van der Waals surface area contributed by atoms with Crippen LogP contribution < -0.4 is 34.3 Å². The fraction of sp³-hybridized carbons (Fsp3) is 0.350. The predicted octanol–water partition coefficient (Wildman–Crippen LogP) is 1.51. The standard InChI is InChI=1S/C20H20ClFN5O3S.Na/c1-27-16(6-9-25-27)13-4-2-3-5-17(13)30-18-11-15(22)19(10-14(18)21)31(28,29)26-20-7-8-23-12-24-20;/h6-13,17H,2-5H2,1H3;/q-1;+1/t13-,17+;/m1./s1. The molecule has 2 aromatic heterocycles. The zero-order chi connectivity index (χ0) is 22.0. The zero-order valence-electron chi connectivity index (χ0n) is 17.6. The van der Waals surface area contributed by atoms with Gasteiger partial charge < -0.3 is 14.4 Å². The Balaban J connectivity index is 0.00000289. The Morgan fingerprint density at radius 3 is 2.69 bits per heavy atom. The van der Waals surface area contributed by atoms with Crippen molar-refractivity contribution in [3.63, 3.8) is 0 Å². The van der Waals surface area contributed by atoms with Crippen LogP contribution in [-0.2, 0) is 17.1 Å². The number of aromatic nitrogens is 4. The van der Waals surface area contributed by atoms with E-state index in [1.54, 1.807) is 10.9 Å². The average molecular weight is 488 g/mol. The fourth-order valence-electron chi connectivity index (χ4n) is 3.80. The summed E-state index contributed by atoms with van der Waals surface area (Å²) in [6.07, 6.45) is 7.71. The van der Waals surface area contributed by atoms with E-state index in [1.165, 1.54) is 12.3 Å². The molecule has 1 aromatic carbocycles. The van der Waals surface area contributed by atoms with Gasteiger partial charge in [-0.05, 0) is 43.3 Å². The minimum absolute atomic E-state index is 0. The molecule has 2 atom stereocenters. The molecule has 2 heterocycles. The molecule has 0 spiro atoms. The van der Waals surface area contributed by atoms with Crippen molar-refractivity contribution in [2.24, 2.45) is 7.05 Å². The Bertz CT molecular complexity index is 1180. The number of hydrogen-bond donors (Lipinski definition) is 0. The van der Waals surface area contributed by atoms with E-state index in [0.717, 1.165) is 49.8 Å². The van der Waals surface area contributed by atoms with E-state index in [4.69, 9.17) is 16.3 Å². The van der Waals surface area contributed by atoms with Crippen LogP contribution in [0.15, 0.2) is 47.9 Å². The number of ether oxygens (including phenoxy) is 1. The minimum Gasteiger partial charge on any atom is -0.488 e. The van der Waals surface area contributed by atoms with E-state index in [-0.39, 0.29) is 58.2 Å². The van der Waals surface area contributed by atoms with Crippen molar-refractivity contribution >= 4 is 27.4 Å². The van der Waals surface area contributed by atoms with Gasteiger partial charge in [-0.15, -0.1) is 0 Å². The summed E-state index contributed by atoms with van der Waals surface area (Å²) in [4.78, 5) is 6.78. The van der Waals surface area contributed by atoms with Crippen molar-refractivity contribution in [1.29, 1.82) is 0 Å². The van der Waals surface area contributed by atoms with E-state index in [1.807, 2.05) is 13.1 Å². The molecule has 8 nitrogen and oxygen atoms in total. The van der Waals surface area contributed by atoms with Crippen molar-refractivity contribution in [3.8, 4) is 5.75 Å². The van der Waals surface area contributed by atoms with Gasteiger partial charge >= 0.3 is 29.6 Å². The van der Waals surface area contributed by atoms with Gasteiger partial charge in [-0.2, -0.15) is 5.10 Å². The topological polar surface area (TPSA) is 101 Å². The van der Waals surface area contributed by atoms with Gasteiger partial charge in [0.15, 0.2) is 0 Å². The second-order valence-corrected chi connectivity index (χ2v) is 9.25. The number of aryl methyl sites for hydroxylation is 1. The van der Waals surface area contributed by atoms with Crippen LogP contribution in [0.3, 0.4) is 0 Å². The summed E-state index contributed by atoms with van der Waals surface area (Å²) in [7, 11) is -2.49. The molecule has 0 N–H and O–H groups in total. The summed E-state index contributed by atoms with van der Waals surface area (Å²) in [6.45, 7) is 0. The molecule has 0 bridgehead atoms. The van der Waals surface area contributed by atoms with Gasteiger partial charge in [0.2, 0.25) is 10.0 Å². The Morgan fingerprint density at radius 1 is 1.22 bits per heavy atom. The maximum Gasteiger partial charge on any atom is 1.00 e. The smallest absolute Gasteiger partial charge is 0.488 e. The van der Waals surface area contributed by atoms with Crippen LogP contribution in [0.25, 0.3) is 4.72 Å². The number of benzene rings is 1. The molecular weight excluding hydrogens is 468 g/mol. The van der Waals surface area contributed by atoms with Gasteiger partial charge in [-0.25, -0.2) is 12.8 Å². The average Bonchev–Trinajstić information content (AvgIpc) is 3.17. The Morgan fingerprint density at radius 2 is 2.00 bits per heavy atom. The first-order valence-electron chi connectivity index (χ1n) is 9.73. The van der Waals surface area contributed by atoms with Gasteiger partial charge in [-0.3, -0.25) is 9.67 Å². The van der Waals surface area contributed by atoms with Crippen LogP contribution in [0.4, 0.5) is 10.2 Å². The first-order chi connectivity index (χ1) is 14.8. The van der Waals surface area contributed by atoms with Crippen molar-refractivity contribution < 1.29 is 47.1 Å². The predicted molar refractivity (Wildman–Crippen MR) is 112 cm³/mol. The van der Waals surface area contributed by atoms with Gasteiger partial charge in [0.25, 0.3) is 0 Å². The molecule has 1 saturated carbocycles. The third-order valence-electron chi connectivity index (χ3n) is 5.26. The molecule has 12 heteroatoms. The molecule has 0 saturated heterocycles. The fourth-order valence-corrected chi connectivity index (χ4v) is 5.09. The first-order valence-corrected chi connectivity index (χ1v) is 11.5. The van der Waals surface area contributed by atoms with Crippen molar-refractivity contribution in [1.82, 2.24) is 19.7 Å². The maximum absolute atomic E-state index is 14.8. The van der Waals surface area contributed by atoms with Crippen LogP contribution >= 0.6 is 11.6 Å². The van der Waals surface area contributed by atoms with Crippen LogP contribution in [0.5, 0.6) is 5.75 Å². The summed E-state index contributed by atoms with van der Waals surface area (Å²) in [5.74, 6) is -0.923. The molecule has 0 radical (unpaired) electrons. The molecule has 32 heavy (non-hydrogen) atoms. The number of rotatable bonds is 6. The molecule has 1 fully saturated rings. The molecule has 0 aliphatic heterocycles. The third-order valence-corrected chi connectivity index (χ3v) is 6.86. The summed E-state index contributed by atoms with van der Waals surface area (Å²) < 4.78 is 51.3. The molecule has 4 rings (SSSR count). The van der Waals surface area contributed by atoms with Crippen molar-refractivity contribution in [2.75, 3.05) is 0 Å². The van der Waals surface area contributed by atoms with E-state index >= 15 is 0 Å². The quantitative estimate of drug-likeness (QED) is 0.488. The Hall–Kier alpha value is -1.72. The number of sulfonamides is 1.